The molecule has 2 heterocycles. The first-order valence-electron chi connectivity index (χ1n) is 10.1. The van der Waals surface area contributed by atoms with Crippen molar-refractivity contribution >= 4 is 27.0 Å². The Labute approximate surface area is 185 Å². The molecule has 164 valence electrons. The summed E-state index contributed by atoms with van der Waals surface area (Å²) in [5.41, 5.74) is 1.41. The highest BCUT2D eigenvalue weighted by Gasteiger charge is 2.26. The average Bonchev–Trinajstić information content (AvgIpc) is 3.06. The number of hydrogen-bond donors (Lipinski definition) is 1. The number of aryl methyl sites for hydroxylation is 1. The van der Waals surface area contributed by atoms with Gasteiger partial charge in [0.05, 0.1) is 15.9 Å². The van der Waals surface area contributed by atoms with Gasteiger partial charge in [-0.1, -0.05) is 30.3 Å². The van der Waals surface area contributed by atoms with Crippen molar-refractivity contribution in [2.24, 2.45) is 0 Å². The Balaban J connectivity index is 1.64. The Bertz CT molecular complexity index is 1440. The molecule has 0 unspecified atom stereocenters. The summed E-state index contributed by atoms with van der Waals surface area (Å²) in [6.45, 7) is 1.84. The second kappa shape index (κ2) is 8.80. The van der Waals surface area contributed by atoms with Crippen LogP contribution in [0, 0.1) is 6.92 Å². The van der Waals surface area contributed by atoms with Gasteiger partial charge in [0.1, 0.15) is 6.54 Å². The molecule has 0 aliphatic rings. The third-order valence-corrected chi connectivity index (χ3v) is 6.74. The summed E-state index contributed by atoms with van der Waals surface area (Å²) in [5, 5.41) is 2.76. The zero-order valence-corrected chi connectivity index (χ0v) is 18.2. The van der Waals surface area contributed by atoms with E-state index in [4.69, 9.17) is 0 Å². The number of carbonyl (C=O) groups excluding carboxylic acids is 1. The number of nitrogens with zero attached hydrogens (tertiary/aromatic N) is 3. The molecule has 0 aliphatic carbocycles. The van der Waals surface area contributed by atoms with Gasteiger partial charge in [-0.3, -0.25) is 14.3 Å². The molecule has 0 aliphatic heterocycles. The van der Waals surface area contributed by atoms with Crippen molar-refractivity contribution in [1.29, 1.82) is 0 Å². The van der Waals surface area contributed by atoms with Crippen LogP contribution in [0.25, 0.3) is 11.0 Å². The van der Waals surface area contributed by atoms with E-state index in [1.165, 1.54) is 16.7 Å². The van der Waals surface area contributed by atoms with Crippen LogP contribution in [0.1, 0.15) is 11.3 Å². The van der Waals surface area contributed by atoms with Crippen molar-refractivity contribution in [2.45, 2.75) is 24.8 Å². The van der Waals surface area contributed by atoms with Crippen LogP contribution in [-0.2, 0) is 27.8 Å². The van der Waals surface area contributed by atoms with Gasteiger partial charge in [-0.2, -0.15) is 3.97 Å². The Morgan fingerprint density at radius 2 is 1.75 bits per heavy atom. The lowest BCUT2D eigenvalue weighted by atomic mass is 10.2. The number of amides is 1. The Hall–Kier alpha value is -3.72. The number of imidazole rings is 1. The first-order valence-corrected chi connectivity index (χ1v) is 11.5. The zero-order chi connectivity index (χ0) is 22.7. The van der Waals surface area contributed by atoms with Gasteiger partial charge in [-0.15, -0.1) is 0 Å². The van der Waals surface area contributed by atoms with E-state index in [2.05, 4.69) is 10.3 Å². The number of pyridine rings is 1. The number of benzene rings is 2. The molecule has 1 N–H and O–H groups in total. The molecule has 2 aromatic heterocycles. The highest BCUT2D eigenvalue weighted by molar-refractivity contribution is 7.90. The lowest BCUT2D eigenvalue weighted by Gasteiger charge is -2.07. The minimum atomic E-state index is -4.14. The summed E-state index contributed by atoms with van der Waals surface area (Å²) in [7, 11) is -4.14. The van der Waals surface area contributed by atoms with E-state index in [9.17, 15) is 18.0 Å². The second-order valence-corrected chi connectivity index (χ2v) is 9.15. The molecule has 1 amide bonds. The quantitative estimate of drug-likeness (QED) is 0.465. The van der Waals surface area contributed by atoms with Gasteiger partial charge >= 0.3 is 5.69 Å². The fourth-order valence-corrected chi connectivity index (χ4v) is 5.04. The fraction of sp³-hybridized carbons (Fsp3) is 0.174. The standard InChI is InChI=1S/C23H22N4O4S/c1-17-7-6-9-19(15-17)32(30,31)27-21-11-3-2-10-20(21)26(23(27)29)16-22(28)25-14-12-18-8-4-5-13-24-18/h2-11,13,15H,12,14,16H2,1H3,(H,25,28). The smallest absolute Gasteiger partial charge is 0.343 e. The van der Waals surface area contributed by atoms with E-state index in [-0.39, 0.29) is 22.9 Å². The van der Waals surface area contributed by atoms with E-state index in [0.717, 1.165) is 15.2 Å². The van der Waals surface area contributed by atoms with E-state index in [0.29, 0.717) is 18.5 Å². The van der Waals surface area contributed by atoms with Crippen molar-refractivity contribution < 1.29 is 13.2 Å². The zero-order valence-electron chi connectivity index (χ0n) is 17.4. The molecule has 9 heteroatoms. The Morgan fingerprint density at radius 1 is 1.00 bits per heavy atom. The van der Waals surface area contributed by atoms with Gasteiger partial charge in [-0.25, -0.2) is 13.2 Å². The van der Waals surface area contributed by atoms with Crippen molar-refractivity contribution in [2.75, 3.05) is 6.54 Å². The monoisotopic (exact) mass is 450 g/mol. The molecule has 0 atom stereocenters. The Kier molecular flexibility index (Phi) is 5.91. The minimum Gasteiger partial charge on any atom is -0.354 e. The highest BCUT2D eigenvalue weighted by atomic mass is 32.2. The van der Waals surface area contributed by atoms with E-state index in [1.807, 2.05) is 18.2 Å². The maximum atomic E-state index is 13.3. The molecule has 8 nitrogen and oxygen atoms in total. The summed E-state index contributed by atoms with van der Waals surface area (Å²) in [5.74, 6) is -0.390. The van der Waals surface area contributed by atoms with E-state index in [1.54, 1.807) is 49.5 Å². The van der Waals surface area contributed by atoms with Crippen LogP contribution in [0.2, 0.25) is 0 Å². The van der Waals surface area contributed by atoms with Crippen LogP contribution in [0.5, 0.6) is 0 Å². The van der Waals surface area contributed by atoms with Crippen LogP contribution in [0.4, 0.5) is 0 Å². The number of carbonyl (C=O) groups is 1. The van der Waals surface area contributed by atoms with Crippen LogP contribution >= 0.6 is 0 Å². The number of rotatable bonds is 7. The molecular formula is C23H22N4O4S. The summed E-state index contributed by atoms with van der Waals surface area (Å²) in [6.07, 6.45) is 2.23. The maximum absolute atomic E-state index is 13.3. The third-order valence-electron chi connectivity index (χ3n) is 5.05. The van der Waals surface area contributed by atoms with Crippen LogP contribution in [-0.4, -0.2) is 34.4 Å². The average molecular weight is 451 g/mol. The predicted molar refractivity (Wildman–Crippen MR) is 121 cm³/mol. The molecule has 4 rings (SSSR count). The minimum absolute atomic E-state index is 0.0160. The largest absolute Gasteiger partial charge is 0.354 e. The number of para-hydroxylation sites is 2. The van der Waals surface area contributed by atoms with Crippen LogP contribution in [0.3, 0.4) is 0 Å². The summed E-state index contributed by atoms with van der Waals surface area (Å²) >= 11 is 0. The SMILES string of the molecule is Cc1cccc(S(=O)(=O)n2c(=O)n(CC(=O)NCCc3ccccn3)c3ccccc32)c1. The van der Waals surface area contributed by atoms with Gasteiger partial charge in [0.2, 0.25) is 5.91 Å². The summed E-state index contributed by atoms with van der Waals surface area (Å²) in [6, 6.07) is 18.4. The summed E-state index contributed by atoms with van der Waals surface area (Å²) < 4.78 is 28.5. The molecule has 2 aromatic carbocycles. The van der Waals surface area contributed by atoms with E-state index < -0.39 is 15.7 Å². The molecule has 0 radical (unpaired) electrons. The van der Waals surface area contributed by atoms with Gasteiger partial charge in [0, 0.05) is 24.9 Å². The van der Waals surface area contributed by atoms with Crippen molar-refractivity contribution in [1.82, 2.24) is 18.8 Å². The first kappa shape index (κ1) is 21.5. The molecule has 0 saturated carbocycles. The highest BCUT2D eigenvalue weighted by Crippen LogP contribution is 2.20. The van der Waals surface area contributed by atoms with Crippen LogP contribution in [0.15, 0.2) is 82.6 Å². The lowest BCUT2D eigenvalue weighted by molar-refractivity contribution is -0.121. The molecule has 4 aromatic rings. The second-order valence-electron chi connectivity index (χ2n) is 7.36. The van der Waals surface area contributed by atoms with Gasteiger partial charge in [0.15, 0.2) is 0 Å². The van der Waals surface area contributed by atoms with Crippen LogP contribution < -0.4 is 11.0 Å². The molecule has 0 bridgehead atoms. The predicted octanol–water partition coefficient (Wildman–Crippen LogP) is 2.10. The summed E-state index contributed by atoms with van der Waals surface area (Å²) in [4.78, 5) is 29.9. The van der Waals surface area contributed by atoms with Crippen molar-refractivity contribution in [3.05, 3.63) is 94.7 Å². The Morgan fingerprint density at radius 3 is 2.47 bits per heavy atom. The number of aromatic nitrogens is 3. The first-order chi connectivity index (χ1) is 15.4. The fourth-order valence-electron chi connectivity index (χ4n) is 3.52. The third kappa shape index (κ3) is 4.19. The molecular weight excluding hydrogens is 428 g/mol. The van der Waals surface area contributed by atoms with Gasteiger partial charge in [0.25, 0.3) is 10.0 Å². The lowest BCUT2D eigenvalue weighted by Crippen LogP contribution is -2.35. The molecule has 0 spiro atoms. The van der Waals surface area contributed by atoms with E-state index >= 15 is 0 Å². The molecule has 0 fully saturated rings. The van der Waals surface area contributed by atoms with Crippen molar-refractivity contribution in [3.8, 4) is 0 Å². The number of nitrogens with one attached hydrogen (secondary N) is 1. The number of hydrogen-bond acceptors (Lipinski definition) is 5. The van der Waals surface area contributed by atoms with Gasteiger partial charge < -0.3 is 5.32 Å². The van der Waals surface area contributed by atoms with Crippen molar-refractivity contribution in [3.63, 3.8) is 0 Å². The maximum Gasteiger partial charge on any atom is 0.343 e. The topological polar surface area (TPSA) is 103 Å². The molecule has 32 heavy (non-hydrogen) atoms. The molecule has 0 saturated heterocycles. The normalized spacial score (nSPS) is 11.5. The van der Waals surface area contributed by atoms with Gasteiger partial charge in [-0.05, 0) is 48.9 Å². The number of fused-ring (bicyclic) bond motifs is 1.